The lowest BCUT2D eigenvalue weighted by Crippen LogP contribution is -2.00. The third-order valence-corrected chi connectivity index (χ3v) is 2.70. The molecule has 0 aliphatic carbocycles. The van der Waals surface area contributed by atoms with Crippen LogP contribution in [-0.2, 0) is 0 Å². The van der Waals surface area contributed by atoms with Crippen LogP contribution in [0.1, 0.15) is 11.1 Å². The maximum Gasteiger partial charge on any atom is 0.293 e. The van der Waals surface area contributed by atoms with Gasteiger partial charge in [0.2, 0.25) is 0 Å². The Morgan fingerprint density at radius 3 is 2.39 bits per heavy atom. The number of aryl methyl sites for hydroxylation is 2. The number of rotatable bonds is 3. The molecule has 0 saturated heterocycles. The number of anilines is 2. The average molecular weight is 242 g/mol. The molecule has 0 heterocycles. The van der Waals surface area contributed by atoms with E-state index in [0.717, 1.165) is 16.8 Å². The van der Waals surface area contributed by atoms with Gasteiger partial charge in [-0.05, 0) is 37.1 Å². The van der Waals surface area contributed by atoms with Gasteiger partial charge in [0, 0.05) is 11.8 Å². The highest BCUT2D eigenvalue weighted by Crippen LogP contribution is 2.32. The number of nitrogens with one attached hydrogen (secondary N) is 1. The predicted octanol–water partition coefficient (Wildman–Crippen LogP) is 3.96. The van der Waals surface area contributed by atoms with Gasteiger partial charge in [0.15, 0.2) is 0 Å². The molecule has 0 saturated carbocycles. The van der Waals surface area contributed by atoms with Crippen molar-refractivity contribution in [2.24, 2.45) is 0 Å². The molecule has 0 aliphatic rings. The minimum Gasteiger partial charge on any atom is -0.350 e. The maximum atomic E-state index is 11.1. The van der Waals surface area contributed by atoms with Crippen LogP contribution in [0.25, 0.3) is 0 Å². The molecular weight excluding hydrogens is 228 g/mol. The van der Waals surface area contributed by atoms with Crippen molar-refractivity contribution < 1.29 is 4.92 Å². The van der Waals surface area contributed by atoms with E-state index in [1.54, 1.807) is 6.07 Å². The second kappa shape index (κ2) is 4.87. The summed E-state index contributed by atoms with van der Waals surface area (Å²) in [5.74, 6) is 0. The minimum atomic E-state index is -0.356. The fraction of sp³-hybridized carbons (Fsp3) is 0.143. The number of nitro groups is 1. The van der Waals surface area contributed by atoms with Gasteiger partial charge in [-0.25, -0.2) is 0 Å². The lowest BCUT2D eigenvalue weighted by atomic mass is 10.1. The van der Waals surface area contributed by atoms with E-state index in [2.05, 4.69) is 5.32 Å². The second-order valence-corrected chi connectivity index (χ2v) is 4.22. The summed E-state index contributed by atoms with van der Waals surface area (Å²) in [7, 11) is 0. The van der Waals surface area contributed by atoms with Gasteiger partial charge in [0.05, 0.1) is 4.92 Å². The van der Waals surface area contributed by atoms with Crippen LogP contribution in [0.4, 0.5) is 17.1 Å². The Morgan fingerprint density at radius 1 is 1.11 bits per heavy atom. The predicted molar refractivity (Wildman–Crippen MR) is 72.3 cm³/mol. The van der Waals surface area contributed by atoms with Gasteiger partial charge in [0.25, 0.3) is 5.69 Å². The summed E-state index contributed by atoms with van der Waals surface area (Å²) >= 11 is 0. The van der Waals surface area contributed by atoms with Gasteiger partial charge < -0.3 is 5.32 Å². The van der Waals surface area contributed by atoms with E-state index >= 15 is 0 Å². The number of benzene rings is 2. The molecule has 0 atom stereocenters. The summed E-state index contributed by atoms with van der Waals surface area (Å²) in [5, 5.41) is 14.2. The van der Waals surface area contributed by atoms with E-state index in [1.807, 2.05) is 50.2 Å². The first-order chi connectivity index (χ1) is 8.58. The van der Waals surface area contributed by atoms with Crippen LogP contribution in [0, 0.1) is 24.0 Å². The van der Waals surface area contributed by atoms with Crippen LogP contribution in [0.2, 0.25) is 0 Å². The van der Waals surface area contributed by atoms with Crippen molar-refractivity contribution >= 4 is 17.1 Å². The quantitative estimate of drug-likeness (QED) is 0.654. The molecule has 1 N–H and O–H groups in total. The van der Waals surface area contributed by atoms with E-state index in [4.69, 9.17) is 0 Å². The molecule has 4 heteroatoms. The molecule has 0 fully saturated rings. The van der Waals surface area contributed by atoms with E-state index < -0.39 is 0 Å². The summed E-state index contributed by atoms with van der Waals surface area (Å²) in [6.07, 6.45) is 0. The third-order valence-electron chi connectivity index (χ3n) is 2.70. The third kappa shape index (κ3) is 2.48. The van der Waals surface area contributed by atoms with E-state index in [1.165, 1.54) is 0 Å². The molecule has 4 nitrogen and oxygen atoms in total. The van der Waals surface area contributed by atoms with Gasteiger partial charge in [-0.2, -0.15) is 0 Å². The molecule has 0 radical (unpaired) electrons. The highest BCUT2D eigenvalue weighted by Gasteiger charge is 2.16. The van der Waals surface area contributed by atoms with Gasteiger partial charge in [0.1, 0.15) is 5.69 Å². The molecule has 0 aliphatic heterocycles. The normalized spacial score (nSPS) is 10.1. The first-order valence-corrected chi connectivity index (χ1v) is 5.65. The molecule has 0 unspecified atom stereocenters. The number of hydrogen-bond acceptors (Lipinski definition) is 3. The van der Waals surface area contributed by atoms with Crippen molar-refractivity contribution in [1.29, 1.82) is 0 Å². The molecule has 92 valence electrons. The Kier molecular flexibility index (Phi) is 3.28. The Bertz CT molecular complexity index is 580. The zero-order chi connectivity index (χ0) is 13.1. The molecule has 2 aromatic carbocycles. The first kappa shape index (κ1) is 12.1. The first-order valence-electron chi connectivity index (χ1n) is 5.65. The molecule has 0 spiro atoms. The zero-order valence-electron chi connectivity index (χ0n) is 10.3. The Balaban J connectivity index is 2.47. The Labute approximate surface area is 105 Å². The molecule has 0 bridgehead atoms. The number of para-hydroxylation sites is 1. The van der Waals surface area contributed by atoms with Crippen molar-refractivity contribution in [3.8, 4) is 0 Å². The largest absolute Gasteiger partial charge is 0.350 e. The van der Waals surface area contributed by atoms with Crippen molar-refractivity contribution in [3.63, 3.8) is 0 Å². The van der Waals surface area contributed by atoms with Crippen LogP contribution in [-0.4, -0.2) is 4.92 Å². The Hall–Kier alpha value is -2.36. The topological polar surface area (TPSA) is 55.2 Å². The van der Waals surface area contributed by atoms with Gasteiger partial charge in [-0.15, -0.1) is 0 Å². The fourth-order valence-electron chi connectivity index (χ4n) is 1.92. The monoisotopic (exact) mass is 242 g/mol. The average Bonchev–Trinajstić information content (AvgIpc) is 2.33. The smallest absolute Gasteiger partial charge is 0.293 e. The zero-order valence-corrected chi connectivity index (χ0v) is 10.3. The minimum absolute atomic E-state index is 0.108. The number of nitrogens with zero attached hydrogens (tertiary/aromatic N) is 1. The lowest BCUT2D eigenvalue weighted by Gasteiger charge is -2.10. The molecule has 2 aromatic rings. The van der Waals surface area contributed by atoms with Crippen LogP contribution < -0.4 is 5.32 Å². The standard InChI is InChI=1S/C14H14N2O2/c1-10-8-11(2)14(13(9-10)16(17)18)15-12-6-4-3-5-7-12/h3-9,15H,1-2H3. The SMILES string of the molecule is Cc1cc(C)c(Nc2ccccc2)c([N+](=O)[O-])c1. The second-order valence-electron chi connectivity index (χ2n) is 4.22. The maximum absolute atomic E-state index is 11.1. The number of hydrogen-bond donors (Lipinski definition) is 1. The van der Waals surface area contributed by atoms with Crippen LogP contribution >= 0.6 is 0 Å². The van der Waals surface area contributed by atoms with E-state index in [-0.39, 0.29) is 10.6 Å². The highest BCUT2D eigenvalue weighted by molar-refractivity contribution is 5.73. The van der Waals surface area contributed by atoms with Gasteiger partial charge in [-0.1, -0.05) is 24.3 Å². The van der Waals surface area contributed by atoms with Crippen molar-refractivity contribution in [3.05, 3.63) is 63.7 Å². The van der Waals surface area contributed by atoms with Crippen LogP contribution in [0.5, 0.6) is 0 Å². The van der Waals surface area contributed by atoms with Gasteiger partial charge in [-0.3, -0.25) is 10.1 Å². The van der Waals surface area contributed by atoms with E-state index in [0.29, 0.717) is 5.69 Å². The van der Waals surface area contributed by atoms with E-state index in [9.17, 15) is 10.1 Å². The Morgan fingerprint density at radius 2 is 1.78 bits per heavy atom. The summed E-state index contributed by atoms with van der Waals surface area (Å²) in [6.45, 7) is 3.72. The van der Waals surface area contributed by atoms with Gasteiger partial charge >= 0.3 is 0 Å². The van der Waals surface area contributed by atoms with Crippen molar-refractivity contribution in [2.75, 3.05) is 5.32 Å². The fourth-order valence-corrected chi connectivity index (χ4v) is 1.92. The van der Waals surface area contributed by atoms with Crippen molar-refractivity contribution in [1.82, 2.24) is 0 Å². The van der Waals surface area contributed by atoms with Crippen molar-refractivity contribution in [2.45, 2.75) is 13.8 Å². The summed E-state index contributed by atoms with van der Waals surface area (Å²) in [6, 6.07) is 12.9. The summed E-state index contributed by atoms with van der Waals surface area (Å²) in [5.41, 5.74) is 3.25. The van der Waals surface area contributed by atoms with Crippen LogP contribution in [0.3, 0.4) is 0 Å². The number of nitro benzene ring substituents is 1. The summed E-state index contributed by atoms with van der Waals surface area (Å²) < 4.78 is 0. The molecule has 0 amide bonds. The molecular formula is C14H14N2O2. The molecule has 18 heavy (non-hydrogen) atoms. The van der Waals surface area contributed by atoms with Crippen LogP contribution in [0.15, 0.2) is 42.5 Å². The highest BCUT2D eigenvalue weighted by atomic mass is 16.6. The molecule has 2 rings (SSSR count). The lowest BCUT2D eigenvalue weighted by molar-refractivity contribution is -0.384. The summed E-state index contributed by atoms with van der Waals surface area (Å²) in [4.78, 5) is 10.7. The molecule has 0 aromatic heterocycles.